The molecule has 1 saturated carbocycles. The van der Waals surface area contributed by atoms with Crippen LogP contribution in [0.2, 0.25) is 0 Å². The quantitative estimate of drug-likeness (QED) is 0.269. The molecule has 0 amide bonds. The number of hydrogen-bond donors (Lipinski definition) is 3. The maximum atomic E-state index is 5.88. The van der Waals surface area contributed by atoms with E-state index < -0.39 is 6.29 Å². The molecule has 88 valence electrons. The van der Waals surface area contributed by atoms with Gasteiger partial charge in [0.1, 0.15) is 0 Å². The van der Waals surface area contributed by atoms with Crippen molar-refractivity contribution in [1.29, 1.82) is 0 Å². The minimum absolute atomic E-state index is 0.0583. The summed E-state index contributed by atoms with van der Waals surface area (Å²) in [6.45, 7) is 0. The van der Waals surface area contributed by atoms with Gasteiger partial charge in [-0.05, 0) is 19.9 Å². The third-order valence-electron chi connectivity index (χ3n) is 3.10. The van der Waals surface area contributed by atoms with E-state index in [1.165, 1.54) is 38.5 Å². The normalized spacial score (nSPS) is 21.0. The van der Waals surface area contributed by atoms with Gasteiger partial charge in [-0.3, -0.25) is 10.6 Å². The fraction of sp³-hybridized carbons (Fsp3) is 0.900. The first-order chi connectivity index (χ1) is 7.11. The summed E-state index contributed by atoms with van der Waals surface area (Å²) >= 11 is 0. The van der Waals surface area contributed by atoms with Crippen molar-refractivity contribution in [3.8, 4) is 0 Å². The summed E-state index contributed by atoms with van der Waals surface area (Å²) < 4.78 is 0. The molecule has 1 aliphatic rings. The molecule has 0 aromatic rings. The van der Waals surface area contributed by atoms with Crippen molar-refractivity contribution in [3.63, 3.8) is 0 Å². The van der Waals surface area contributed by atoms with E-state index in [1.54, 1.807) is 0 Å². The summed E-state index contributed by atoms with van der Waals surface area (Å²) in [5.41, 5.74) is 16.5. The predicted octanol–water partition coefficient (Wildman–Crippen LogP) is 0.157. The van der Waals surface area contributed by atoms with Crippen molar-refractivity contribution in [3.05, 3.63) is 0 Å². The fourth-order valence-corrected chi connectivity index (χ4v) is 2.12. The Hall–Kier alpha value is -0.810. The standard InChI is InChI=1S/C10H23N5/c1-15(10(13)14-9(11)12)8-6-4-2-3-5-7-8/h8,10H,2-7,13H2,1H3,(H4,11,12,14). The molecule has 1 unspecified atom stereocenters. The number of nitrogens with zero attached hydrogens (tertiary/aromatic N) is 2. The van der Waals surface area contributed by atoms with Crippen LogP contribution in [0, 0.1) is 0 Å². The van der Waals surface area contributed by atoms with E-state index in [2.05, 4.69) is 9.89 Å². The molecule has 0 saturated heterocycles. The lowest BCUT2D eigenvalue weighted by molar-refractivity contribution is 0.165. The lowest BCUT2D eigenvalue weighted by atomic mass is 10.1. The molecule has 1 rings (SSSR count). The minimum Gasteiger partial charge on any atom is -0.370 e. The highest BCUT2D eigenvalue weighted by molar-refractivity contribution is 5.75. The Balaban J connectivity index is 2.49. The lowest BCUT2D eigenvalue weighted by Crippen LogP contribution is -2.46. The van der Waals surface area contributed by atoms with Crippen molar-refractivity contribution in [2.45, 2.75) is 50.9 Å². The van der Waals surface area contributed by atoms with E-state index in [9.17, 15) is 0 Å². The molecule has 1 fully saturated rings. The minimum atomic E-state index is -0.405. The largest absolute Gasteiger partial charge is 0.370 e. The van der Waals surface area contributed by atoms with Gasteiger partial charge in [-0.25, -0.2) is 4.99 Å². The first kappa shape index (κ1) is 12.3. The third kappa shape index (κ3) is 4.05. The van der Waals surface area contributed by atoms with Gasteiger partial charge >= 0.3 is 0 Å². The summed E-state index contributed by atoms with van der Waals surface area (Å²) in [4.78, 5) is 6.03. The van der Waals surface area contributed by atoms with E-state index in [1.807, 2.05) is 7.05 Å². The van der Waals surface area contributed by atoms with Gasteiger partial charge < -0.3 is 11.5 Å². The number of guanidine groups is 1. The maximum absolute atomic E-state index is 5.88. The van der Waals surface area contributed by atoms with E-state index in [0.717, 1.165) is 0 Å². The topological polar surface area (TPSA) is 93.7 Å². The number of hydrogen-bond acceptors (Lipinski definition) is 3. The molecule has 15 heavy (non-hydrogen) atoms. The van der Waals surface area contributed by atoms with Crippen molar-refractivity contribution >= 4 is 5.96 Å². The first-order valence-electron chi connectivity index (χ1n) is 5.67. The van der Waals surface area contributed by atoms with E-state index in [-0.39, 0.29) is 5.96 Å². The molecule has 6 N–H and O–H groups in total. The molecule has 0 spiro atoms. The van der Waals surface area contributed by atoms with Crippen molar-refractivity contribution in [2.75, 3.05) is 7.05 Å². The number of aliphatic imine (C=N–C) groups is 1. The monoisotopic (exact) mass is 213 g/mol. The summed E-state index contributed by atoms with van der Waals surface area (Å²) in [5, 5.41) is 0. The Morgan fingerprint density at radius 1 is 1.20 bits per heavy atom. The molecule has 0 aromatic carbocycles. The molecule has 0 bridgehead atoms. The Morgan fingerprint density at radius 2 is 1.73 bits per heavy atom. The van der Waals surface area contributed by atoms with Crippen LogP contribution < -0.4 is 17.2 Å². The summed E-state index contributed by atoms with van der Waals surface area (Å²) in [6.07, 6.45) is 7.23. The van der Waals surface area contributed by atoms with Gasteiger partial charge in [-0.2, -0.15) is 0 Å². The molecule has 1 aliphatic carbocycles. The van der Waals surface area contributed by atoms with E-state index in [0.29, 0.717) is 6.04 Å². The van der Waals surface area contributed by atoms with Gasteiger partial charge in [-0.15, -0.1) is 0 Å². The van der Waals surface area contributed by atoms with Crippen LogP contribution in [-0.4, -0.2) is 30.2 Å². The van der Waals surface area contributed by atoms with Gasteiger partial charge in [0, 0.05) is 6.04 Å². The molecular weight excluding hydrogens is 190 g/mol. The van der Waals surface area contributed by atoms with E-state index in [4.69, 9.17) is 17.2 Å². The Morgan fingerprint density at radius 3 is 2.20 bits per heavy atom. The predicted molar refractivity (Wildman–Crippen MR) is 63.0 cm³/mol. The van der Waals surface area contributed by atoms with Crippen molar-refractivity contribution in [2.24, 2.45) is 22.2 Å². The molecule has 5 nitrogen and oxygen atoms in total. The van der Waals surface area contributed by atoms with Gasteiger partial charge in [0.2, 0.25) is 0 Å². The highest BCUT2D eigenvalue weighted by atomic mass is 15.3. The zero-order chi connectivity index (χ0) is 11.3. The Labute approximate surface area is 91.7 Å². The summed E-state index contributed by atoms with van der Waals surface area (Å²) in [6, 6.07) is 0.519. The second-order valence-electron chi connectivity index (χ2n) is 4.28. The van der Waals surface area contributed by atoms with Crippen LogP contribution in [0.5, 0.6) is 0 Å². The maximum Gasteiger partial charge on any atom is 0.188 e. The highest BCUT2D eigenvalue weighted by Gasteiger charge is 2.20. The lowest BCUT2D eigenvalue weighted by Gasteiger charge is -2.29. The number of rotatable bonds is 3. The average Bonchev–Trinajstić information content (AvgIpc) is 2.43. The first-order valence-corrected chi connectivity index (χ1v) is 5.67. The molecular formula is C10H23N5. The summed E-state index contributed by atoms with van der Waals surface area (Å²) in [5.74, 6) is 0.0583. The van der Waals surface area contributed by atoms with Crippen LogP contribution >= 0.6 is 0 Å². The fourth-order valence-electron chi connectivity index (χ4n) is 2.12. The van der Waals surface area contributed by atoms with Crippen LogP contribution in [-0.2, 0) is 0 Å². The van der Waals surface area contributed by atoms with Gasteiger partial charge in [0.05, 0.1) is 0 Å². The highest BCUT2D eigenvalue weighted by Crippen LogP contribution is 2.21. The smallest absolute Gasteiger partial charge is 0.188 e. The molecule has 0 aliphatic heterocycles. The Kier molecular flexibility index (Phi) is 4.84. The van der Waals surface area contributed by atoms with Gasteiger partial charge in [0.25, 0.3) is 0 Å². The van der Waals surface area contributed by atoms with E-state index >= 15 is 0 Å². The van der Waals surface area contributed by atoms with Crippen LogP contribution in [0.25, 0.3) is 0 Å². The summed E-state index contributed by atoms with van der Waals surface area (Å²) in [7, 11) is 1.99. The second-order valence-corrected chi connectivity index (χ2v) is 4.28. The molecule has 1 atom stereocenters. The van der Waals surface area contributed by atoms with Crippen molar-refractivity contribution < 1.29 is 0 Å². The SMILES string of the molecule is CN(C1CCCCCC1)C(N)N=C(N)N. The molecule has 5 heteroatoms. The van der Waals surface area contributed by atoms with Gasteiger partial charge in [-0.1, -0.05) is 25.7 Å². The van der Waals surface area contributed by atoms with Crippen LogP contribution in [0.3, 0.4) is 0 Å². The van der Waals surface area contributed by atoms with Gasteiger partial charge in [0.15, 0.2) is 12.2 Å². The number of nitrogens with two attached hydrogens (primary N) is 3. The van der Waals surface area contributed by atoms with Crippen LogP contribution in [0.1, 0.15) is 38.5 Å². The zero-order valence-electron chi connectivity index (χ0n) is 9.52. The van der Waals surface area contributed by atoms with Crippen molar-refractivity contribution in [1.82, 2.24) is 4.90 Å². The molecule has 0 aromatic heterocycles. The Bertz CT molecular complexity index is 204. The molecule has 0 radical (unpaired) electrons. The third-order valence-corrected chi connectivity index (χ3v) is 3.10. The second kappa shape index (κ2) is 5.92. The average molecular weight is 213 g/mol. The van der Waals surface area contributed by atoms with Crippen LogP contribution in [0.15, 0.2) is 4.99 Å². The zero-order valence-corrected chi connectivity index (χ0v) is 9.52. The van der Waals surface area contributed by atoms with Crippen LogP contribution in [0.4, 0.5) is 0 Å². The molecule has 0 heterocycles.